The minimum Gasteiger partial charge on any atom is -0.384 e. The van der Waals surface area contributed by atoms with Gasteiger partial charge in [-0.15, -0.1) is 0 Å². The fourth-order valence-corrected chi connectivity index (χ4v) is 3.72. The van der Waals surface area contributed by atoms with Crippen LogP contribution < -0.4 is 15.5 Å². The molecule has 0 saturated carbocycles. The number of aromatic nitrogens is 2. The van der Waals surface area contributed by atoms with Crippen LogP contribution in [0.25, 0.3) is 0 Å². The van der Waals surface area contributed by atoms with E-state index in [1.165, 1.54) is 5.56 Å². The zero-order valence-electron chi connectivity index (χ0n) is 14.2. The molecular weight excluding hydrogens is 314 g/mol. The molecule has 2 aliphatic rings. The Hall–Kier alpha value is -2.63. The van der Waals surface area contributed by atoms with Gasteiger partial charge in [-0.05, 0) is 37.3 Å². The molecule has 2 aromatic rings. The molecule has 1 saturated heterocycles. The van der Waals surface area contributed by atoms with E-state index in [1.54, 1.807) is 18.6 Å². The second-order valence-electron chi connectivity index (χ2n) is 6.69. The number of aryl methyl sites for hydroxylation is 1. The molecule has 25 heavy (non-hydrogen) atoms. The fraction of sp³-hybridized carbons (Fsp3) is 0.421. The van der Waals surface area contributed by atoms with Crippen molar-refractivity contribution in [3.05, 3.63) is 47.9 Å². The summed E-state index contributed by atoms with van der Waals surface area (Å²) in [5.74, 6) is 0.887. The van der Waals surface area contributed by atoms with Gasteiger partial charge in [0.25, 0.3) is 5.91 Å². The van der Waals surface area contributed by atoms with Crippen LogP contribution in [0.3, 0.4) is 0 Å². The third-order valence-electron chi connectivity index (χ3n) is 4.95. The molecule has 130 valence electrons. The highest BCUT2D eigenvalue weighted by Gasteiger charge is 2.24. The molecule has 0 aliphatic carbocycles. The molecule has 0 spiro atoms. The first kappa shape index (κ1) is 15.9. The molecule has 2 N–H and O–H groups in total. The van der Waals surface area contributed by atoms with E-state index in [4.69, 9.17) is 0 Å². The van der Waals surface area contributed by atoms with Gasteiger partial charge in [0.1, 0.15) is 5.82 Å². The molecule has 0 unspecified atom stereocenters. The van der Waals surface area contributed by atoms with Gasteiger partial charge in [0.05, 0.1) is 17.4 Å². The normalized spacial score (nSPS) is 19.7. The van der Waals surface area contributed by atoms with Crippen LogP contribution in [-0.4, -0.2) is 41.6 Å². The van der Waals surface area contributed by atoms with Crippen LogP contribution in [0.4, 0.5) is 11.5 Å². The van der Waals surface area contributed by atoms with Gasteiger partial charge < -0.3 is 15.5 Å². The van der Waals surface area contributed by atoms with E-state index >= 15 is 0 Å². The number of anilines is 2. The van der Waals surface area contributed by atoms with Gasteiger partial charge in [-0.2, -0.15) is 0 Å². The summed E-state index contributed by atoms with van der Waals surface area (Å²) in [6.45, 7) is 2.65. The van der Waals surface area contributed by atoms with Gasteiger partial charge in [-0.25, -0.2) is 4.98 Å². The molecule has 1 aromatic carbocycles. The van der Waals surface area contributed by atoms with Crippen LogP contribution >= 0.6 is 0 Å². The number of carbonyl (C=O) groups excluding carboxylic acids is 1. The van der Waals surface area contributed by atoms with Crippen LogP contribution in [0.5, 0.6) is 0 Å². The van der Waals surface area contributed by atoms with Crippen LogP contribution in [-0.2, 0) is 6.42 Å². The highest BCUT2D eigenvalue weighted by atomic mass is 16.1. The Morgan fingerprint density at radius 3 is 3.12 bits per heavy atom. The second kappa shape index (κ2) is 7.09. The van der Waals surface area contributed by atoms with E-state index in [0.717, 1.165) is 62.4 Å². The zero-order valence-corrected chi connectivity index (χ0v) is 14.2. The van der Waals surface area contributed by atoms with E-state index in [9.17, 15) is 4.79 Å². The maximum Gasteiger partial charge on any atom is 0.253 e. The van der Waals surface area contributed by atoms with Crippen molar-refractivity contribution < 1.29 is 4.79 Å². The molecule has 1 fully saturated rings. The molecule has 2 aliphatic heterocycles. The predicted molar refractivity (Wildman–Crippen MR) is 98.0 cm³/mol. The largest absolute Gasteiger partial charge is 0.384 e. The monoisotopic (exact) mass is 337 g/mol. The van der Waals surface area contributed by atoms with Crippen molar-refractivity contribution in [3.8, 4) is 0 Å². The smallest absolute Gasteiger partial charge is 0.253 e. The summed E-state index contributed by atoms with van der Waals surface area (Å²) < 4.78 is 0. The minimum absolute atomic E-state index is 0.0113. The molecule has 6 heteroatoms. The van der Waals surface area contributed by atoms with Crippen molar-refractivity contribution in [2.75, 3.05) is 29.9 Å². The van der Waals surface area contributed by atoms with Gasteiger partial charge in [0.2, 0.25) is 0 Å². The summed E-state index contributed by atoms with van der Waals surface area (Å²) in [6, 6.07) is 6.13. The highest BCUT2D eigenvalue weighted by Crippen LogP contribution is 2.26. The van der Waals surface area contributed by atoms with Crippen molar-refractivity contribution in [2.24, 2.45) is 0 Å². The van der Waals surface area contributed by atoms with E-state index in [2.05, 4.69) is 31.6 Å². The summed E-state index contributed by atoms with van der Waals surface area (Å²) >= 11 is 0. The Morgan fingerprint density at radius 1 is 1.28 bits per heavy atom. The van der Waals surface area contributed by atoms with Crippen molar-refractivity contribution >= 4 is 17.4 Å². The first-order chi connectivity index (χ1) is 12.3. The number of fused-ring (bicyclic) bond motifs is 1. The molecule has 4 rings (SSSR count). The molecule has 0 radical (unpaired) electrons. The Labute approximate surface area is 147 Å². The summed E-state index contributed by atoms with van der Waals surface area (Å²) in [4.78, 5) is 23.5. The van der Waals surface area contributed by atoms with E-state index in [-0.39, 0.29) is 11.9 Å². The third-order valence-corrected chi connectivity index (χ3v) is 4.95. The average molecular weight is 337 g/mol. The van der Waals surface area contributed by atoms with Crippen molar-refractivity contribution in [1.29, 1.82) is 0 Å². The Balaban J connectivity index is 1.46. The maximum absolute atomic E-state index is 12.8. The van der Waals surface area contributed by atoms with Crippen LogP contribution in [0.2, 0.25) is 0 Å². The zero-order chi connectivity index (χ0) is 17.1. The number of carbonyl (C=O) groups is 1. The van der Waals surface area contributed by atoms with Crippen LogP contribution in [0.1, 0.15) is 35.2 Å². The minimum atomic E-state index is 0.0113. The summed E-state index contributed by atoms with van der Waals surface area (Å²) in [6.07, 6.45) is 9.35. The van der Waals surface area contributed by atoms with Crippen LogP contribution in [0, 0.1) is 0 Å². The third kappa shape index (κ3) is 3.43. The van der Waals surface area contributed by atoms with Gasteiger partial charge in [0.15, 0.2) is 0 Å². The van der Waals surface area contributed by atoms with Gasteiger partial charge >= 0.3 is 0 Å². The number of para-hydroxylation sites is 1. The molecule has 0 bridgehead atoms. The number of amides is 1. The molecule has 1 aromatic heterocycles. The SMILES string of the molecule is O=C(N[C@H]1CCCN(c2cnccn2)C1)c1cccc2c1NCCC2. The highest BCUT2D eigenvalue weighted by molar-refractivity contribution is 6.00. The number of nitrogens with zero attached hydrogens (tertiary/aromatic N) is 3. The standard InChI is InChI=1S/C19H23N5O/c25-19(16-7-1-4-14-5-2-8-22-18(14)16)23-15-6-3-11-24(13-15)17-12-20-9-10-21-17/h1,4,7,9-10,12,15,22H,2-3,5-6,8,11,13H2,(H,23,25)/t15-/m0/s1. The summed E-state index contributed by atoms with van der Waals surface area (Å²) in [5.41, 5.74) is 3.00. The summed E-state index contributed by atoms with van der Waals surface area (Å²) in [5, 5.41) is 6.61. The maximum atomic E-state index is 12.8. The molecular formula is C19H23N5O. The molecule has 6 nitrogen and oxygen atoms in total. The number of nitrogens with one attached hydrogen (secondary N) is 2. The van der Waals surface area contributed by atoms with Crippen molar-refractivity contribution in [2.45, 2.75) is 31.7 Å². The molecule has 3 heterocycles. The quantitative estimate of drug-likeness (QED) is 0.899. The first-order valence-electron chi connectivity index (χ1n) is 8.99. The Bertz CT molecular complexity index is 749. The van der Waals surface area contributed by atoms with Gasteiger partial charge in [-0.3, -0.25) is 9.78 Å². The van der Waals surface area contributed by atoms with E-state index < -0.39 is 0 Å². The number of benzene rings is 1. The lowest BCUT2D eigenvalue weighted by atomic mass is 9.98. The van der Waals surface area contributed by atoms with Crippen molar-refractivity contribution in [1.82, 2.24) is 15.3 Å². The van der Waals surface area contributed by atoms with Gasteiger partial charge in [0, 0.05) is 38.1 Å². The lowest BCUT2D eigenvalue weighted by Gasteiger charge is -2.34. The predicted octanol–water partition coefficient (Wildman–Crippen LogP) is 2.23. The number of piperidine rings is 1. The molecule has 1 amide bonds. The Kier molecular flexibility index (Phi) is 4.50. The first-order valence-corrected chi connectivity index (χ1v) is 8.99. The van der Waals surface area contributed by atoms with Crippen LogP contribution in [0.15, 0.2) is 36.8 Å². The molecule has 1 atom stereocenters. The average Bonchev–Trinajstić information content (AvgIpc) is 2.68. The lowest BCUT2D eigenvalue weighted by molar-refractivity contribution is 0.0933. The topological polar surface area (TPSA) is 70.2 Å². The number of rotatable bonds is 3. The summed E-state index contributed by atoms with van der Waals surface area (Å²) in [7, 11) is 0. The second-order valence-corrected chi connectivity index (χ2v) is 6.69. The van der Waals surface area contributed by atoms with E-state index in [0.29, 0.717) is 0 Å². The number of hydrogen-bond donors (Lipinski definition) is 2. The fourth-order valence-electron chi connectivity index (χ4n) is 3.72. The van der Waals surface area contributed by atoms with Crippen molar-refractivity contribution in [3.63, 3.8) is 0 Å². The van der Waals surface area contributed by atoms with Gasteiger partial charge in [-0.1, -0.05) is 12.1 Å². The lowest BCUT2D eigenvalue weighted by Crippen LogP contribution is -2.48. The number of hydrogen-bond acceptors (Lipinski definition) is 5. The van der Waals surface area contributed by atoms with E-state index in [1.807, 2.05) is 12.1 Å². The Morgan fingerprint density at radius 2 is 2.24 bits per heavy atom.